The Hall–Kier alpha value is -1.51. The van der Waals surface area contributed by atoms with Gasteiger partial charge in [0.25, 0.3) is 0 Å². The van der Waals surface area contributed by atoms with Crippen molar-refractivity contribution in [3.05, 3.63) is 29.3 Å². The molecule has 1 aromatic rings. The van der Waals surface area contributed by atoms with Gasteiger partial charge in [-0.1, -0.05) is 24.6 Å². The first-order chi connectivity index (χ1) is 8.85. The molecule has 19 heavy (non-hydrogen) atoms. The molecule has 0 amide bonds. The highest BCUT2D eigenvalue weighted by Crippen LogP contribution is 2.43. The van der Waals surface area contributed by atoms with Crippen molar-refractivity contribution in [2.45, 2.75) is 45.6 Å². The number of nitrogens with zero attached hydrogens (tertiary/aromatic N) is 1. The maximum absolute atomic E-state index is 11.7. The summed E-state index contributed by atoms with van der Waals surface area (Å²) < 4.78 is 4.83. The van der Waals surface area contributed by atoms with E-state index >= 15 is 0 Å². The third kappa shape index (κ3) is 2.60. The van der Waals surface area contributed by atoms with Crippen LogP contribution in [0.15, 0.2) is 18.2 Å². The number of methoxy groups -OCH3 is 1. The fourth-order valence-corrected chi connectivity index (χ4v) is 3.10. The molecule has 0 fully saturated rings. The van der Waals surface area contributed by atoms with Gasteiger partial charge < -0.3 is 9.64 Å². The number of esters is 1. The number of aryl methyl sites for hydroxylation is 1. The molecule has 0 saturated carbocycles. The van der Waals surface area contributed by atoms with Gasteiger partial charge in [-0.15, -0.1) is 0 Å². The molecule has 0 radical (unpaired) electrons. The van der Waals surface area contributed by atoms with E-state index in [2.05, 4.69) is 50.8 Å². The van der Waals surface area contributed by atoms with Crippen LogP contribution in [0.5, 0.6) is 0 Å². The Labute approximate surface area is 115 Å². The lowest BCUT2D eigenvalue weighted by atomic mass is 9.79. The zero-order valence-corrected chi connectivity index (χ0v) is 12.5. The summed E-state index contributed by atoms with van der Waals surface area (Å²) >= 11 is 0. The van der Waals surface area contributed by atoms with Gasteiger partial charge in [-0.25, -0.2) is 0 Å². The lowest BCUT2D eigenvalue weighted by Crippen LogP contribution is -2.50. The second-order valence-corrected chi connectivity index (χ2v) is 6.14. The highest BCUT2D eigenvalue weighted by Gasteiger charge is 2.37. The summed E-state index contributed by atoms with van der Waals surface area (Å²) in [5.41, 5.74) is 3.74. The Kier molecular flexibility index (Phi) is 3.57. The fourth-order valence-electron chi connectivity index (χ4n) is 3.10. The molecule has 0 aromatic heterocycles. The Bertz CT molecular complexity index is 494. The Morgan fingerprint density at radius 2 is 2.16 bits per heavy atom. The second-order valence-electron chi connectivity index (χ2n) is 6.14. The topological polar surface area (TPSA) is 29.5 Å². The number of benzene rings is 1. The van der Waals surface area contributed by atoms with Crippen molar-refractivity contribution in [2.75, 3.05) is 18.6 Å². The van der Waals surface area contributed by atoms with Gasteiger partial charge in [0.2, 0.25) is 0 Å². The Morgan fingerprint density at radius 1 is 1.47 bits per heavy atom. The predicted molar refractivity (Wildman–Crippen MR) is 77.7 cm³/mol. The second kappa shape index (κ2) is 4.87. The van der Waals surface area contributed by atoms with Crippen LogP contribution >= 0.6 is 0 Å². The van der Waals surface area contributed by atoms with E-state index in [1.807, 2.05) is 0 Å². The van der Waals surface area contributed by atoms with E-state index in [0.29, 0.717) is 12.5 Å². The molecule has 2 rings (SSSR count). The van der Waals surface area contributed by atoms with Crippen molar-refractivity contribution in [1.29, 1.82) is 0 Å². The first kappa shape index (κ1) is 13.9. The number of rotatable bonds is 2. The van der Waals surface area contributed by atoms with E-state index < -0.39 is 0 Å². The Balaban J connectivity index is 2.45. The van der Waals surface area contributed by atoms with Crippen LogP contribution in [0.3, 0.4) is 0 Å². The summed E-state index contributed by atoms with van der Waals surface area (Å²) in [5, 5.41) is 0. The van der Waals surface area contributed by atoms with Gasteiger partial charge in [0.05, 0.1) is 7.11 Å². The molecule has 0 saturated heterocycles. The quantitative estimate of drug-likeness (QED) is 0.765. The molecule has 1 atom stereocenters. The van der Waals surface area contributed by atoms with Crippen molar-refractivity contribution in [2.24, 2.45) is 0 Å². The number of hydrogen-bond donors (Lipinski definition) is 0. The normalized spacial score (nSPS) is 20.9. The molecule has 1 aromatic carbocycles. The highest BCUT2D eigenvalue weighted by molar-refractivity contribution is 5.77. The number of fused-ring (bicyclic) bond motifs is 1. The molecule has 3 nitrogen and oxygen atoms in total. The number of carbonyl (C=O) groups excluding carboxylic acids is 1. The summed E-state index contributed by atoms with van der Waals surface area (Å²) in [6.07, 6.45) is 1.04. The van der Waals surface area contributed by atoms with E-state index in [4.69, 9.17) is 4.74 Å². The van der Waals surface area contributed by atoms with E-state index in [9.17, 15) is 4.79 Å². The van der Waals surface area contributed by atoms with Gasteiger partial charge in [0.1, 0.15) is 6.54 Å². The molecule has 0 bridgehead atoms. The van der Waals surface area contributed by atoms with E-state index in [1.165, 1.54) is 23.9 Å². The van der Waals surface area contributed by atoms with Gasteiger partial charge in [0, 0.05) is 11.2 Å². The number of ether oxygens (including phenoxy) is 1. The molecule has 0 N–H and O–H groups in total. The average molecular weight is 261 g/mol. The molecule has 104 valence electrons. The van der Waals surface area contributed by atoms with E-state index in [1.54, 1.807) is 0 Å². The smallest absolute Gasteiger partial charge is 0.325 e. The van der Waals surface area contributed by atoms with Crippen molar-refractivity contribution in [3.8, 4) is 0 Å². The van der Waals surface area contributed by atoms with Crippen LogP contribution in [-0.2, 0) is 9.53 Å². The zero-order chi connectivity index (χ0) is 14.2. The van der Waals surface area contributed by atoms with E-state index in [0.717, 1.165) is 6.42 Å². The number of hydrogen-bond acceptors (Lipinski definition) is 3. The lowest BCUT2D eigenvalue weighted by molar-refractivity contribution is -0.139. The number of anilines is 1. The van der Waals surface area contributed by atoms with Gasteiger partial charge in [-0.2, -0.15) is 0 Å². The minimum atomic E-state index is -0.186. The molecule has 1 aliphatic rings. The fraction of sp³-hybridized carbons (Fsp3) is 0.562. The molecular formula is C16H23NO2. The van der Waals surface area contributed by atoms with Gasteiger partial charge in [-0.05, 0) is 44.7 Å². The van der Waals surface area contributed by atoms with Crippen LogP contribution in [-0.4, -0.2) is 25.2 Å². The average Bonchev–Trinajstić information content (AvgIpc) is 2.34. The summed E-state index contributed by atoms with van der Waals surface area (Å²) in [6.45, 7) is 9.06. The van der Waals surface area contributed by atoms with Gasteiger partial charge in [0.15, 0.2) is 0 Å². The lowest BCUT2D eigenvalue weighted by Gasteiger charge is -2.47. The monoisotopic (exact) mass is 261 g/mol. The molecular weight excluding hydrogens is 238 g/mol. The van der Waals surface area contributed by atoms with Crippen molar-refractivity contribution >= 4 is 11.7 Å². The Morgan fingerprint density at radius 3 is 2.79 bits per heavy atom. The molecule has 1 heterocycles. The molecule has 0 spiro atoms. The SMILES string of the molecule is COC(=O)CN1c2ccc(C)cc2[C@H](C)CC1(C)C. The maximum atomic E-state index is 11.7. The van der Waals surface area contributed by atoms with Crippen LogP contribution < -0.4 is 4.90 Å². The maximum Gasteiger partial charge on any atom is 0.325 e. The van der Waals surface area contributed by atoms with Crippen molar-refractivity contribution in [1.82, 2.24) is 0 Å². The first-order valence-corrected chi connectivity index (χ1v) is 6.80. The molecule has 0 unspecified atom stereocenters. The summed E-state index contributed by atoms with van der Waals surface area (Å²) in [6, 6.07) is 6.47. The van der Waals surface area contributed by atoms with Crippen LogP contribution in [0.2, 0.25) is 0 Å². The van der Waals surface area contributed by atoms with Crippen molar-refractivity contribution in [3.63, 3.8) is 0 Å². The van der Waals surface area contributed by atoms with Gasteiger partial charge >= 0.3 is 5.97 Å². The highest BCUT2D eigenvalue weighted by atomic mass is 16.5. The predicted octanol–water partition coefficient (Wildman–Crippen LogP) is 3.26. The van der Waals surface area contributed by atoms with E-state index in [-0.39, 0.29) is 11.5 Å². The summed E-state index contributed by atoms with van der Waals surface area (Å²) in [4.78, 5) is 13.8. The largest absolute Gasteiger partial charge is 0.468 e. The van der Waals surface area contributed by atoms with Crippen LogP contribution in [0.4, 0.5) is 5.69 Å². The summed E-state index contributed by atoms with van der Waals surface area (Å²) in [5.74, 6) is 0.327. The van der Waals surface area contributed by atoms with Gasteiger partial charge in [-0.3, -0.25) is 4.79 Å². The molecule has 0 aliphatic carbocycles. The third-order valence-corrected chi connectivity index (χ3v) is 4.06. The minimum Gasteiger partial charge on any atom is -0.468 e. The minimum absolute atomic E-state index is 0.0319. The number of carbonyl (C=O) groups is 1. The van der Waals surface area contributed by atoms with Crippen molar-refractivity contribution < 1.29 is 9.53 Å². The standard InChI is InChI=1S/C16H23NO2/c1-11-6-7-14-13(8-11)12(2)9-16(3,4)17(14)10-15(18)19-5/h6-8,12H,9-10H2,1-5H3/t12-/m1/s1. The van der Waals surface area contributed by atoms with Crippen LogP contribution in [0.1, 0.15) is 44.2 Å². The first-order valence-electron chi connectivity index (χ1n) is 6.80. The summed E-state index contributed by atoms with van der Waals surface area (Å²) in [7, 11) is 1.44. The molecule has 3 heteroatoms. The molecule has 1 aliphatic heterocycles. The van der Waals surface area contributed by atoms with Crippen LogP contribution in [0, 0.1) is 6.92 Å². The third-order valence-electron chi connectivity index (χ3n) is 4.06. The zero-order valence-electron chi connectivity index (χ0n) is 12.5. The van der Waals surface area contributed by atoms with Crippen LogP contribution in [0.25, 0.3) is 0 Å².